The van der Waals surface area contributed by atoms with Gasteiger partial charge in [-0.15, -0.1) is 5.60 Å². The molecule has 0 N–H and O–H groups in total. The standard InChI is InChI=1S/C16H12F3NO3.C4H9O.K/c1-9-7-14(20(22)23)10(2)6-13(9)15(21)11-4-3-5-12(8-11)16(17,18)19;1-4(2,3)5;/h3-8H,1-2H3;1-3H3;/q;-1;+1. The monoisotopic (exact) mass is 435 g/mol. The number of alkyl halides is 3. The van der Waals surface area contributed by atoms with Crippen LogP contribution in [-0.4, -0.2) is 16.3 Å². The first-order chi connectivity index (χ1) is 12.6. The van der Waals surface area contributed by atoms with E-state index in [1.54, 1.807) is 20.8 Å². The molecule has 0 aromatic heterocycles. The molecule has 0 spiro atoms. The Labute approximate surface area is 209 Å². The van der Waals surface area contributed by atoms with E-state index < -0.39 is 28.0 Å². The number of ketones is 1. The van der Waals surface area contributed by atoms with Crippen molar-refractivity contribution in [2.24, 2.45) is 0 Å². The maximum atomic E-state index is 12.7. The van der Waals surface area contributed by atoms with E-state index >= 15 is 0 Å². The fraction of sp³-hybridized carbons (Fsp3) is 0.350. The molecule has 0 fully saturated rings. The summed E-state index contributed by atoms with van der Waals surface area (Å²) in [7, 11) is 0. The van der Waals surface area contributed by atoms with Crippen LogP contribution < -0.4 is 56.5 Å². The van der Waals surface area contributed by atoms with E-state index in [2.05, 4.69) is 0 Å². The summed E-state index contributed by atoms with van der Waals surface area (Å²) in [4.78, 5) is 22.7. The Morgan fingerprint density at radius 1 is 1.00 bits per heavy atom. The van der Waals surface area contributed by atoms with Crippen LogP contribution in [0.4, 0.5) is 18.9 Å². The normalized spacial score (nSPS) is 11.1. The average Bonchev–Trinajstić information content (AvgIpc) is 2.53. The molecule has 0 aliphatic rings. The molecule has 9 heteroatoms. The Bertz CT molecular complexity index is 884. The van der Waals surface area contributed by atoms with Gasteiger partial charge in [-0.1, -0.05) is 32.9 Å². The molecule has 0 heterocycles. The Kier molecular flexibility index (Phi) is 10.4. The minimum atomic E-state index is -4.54. The van der Waals surface area contributed by atoms with Crippen LogP contribution in [0.3, 0.4) is 0 Å². The van der Waals surface area contributed by atoms with E-state index in [1.165, 1.54) is 32.0 Å². The van der Waals surface area contributed by atoms with Crippen molar-refractivity contribution in [2.45, 2.75) is 46.4 Å². The summed E-state index contributed by atoms with van der Waals surface area (Å²) >= 11 is 0. The molecule has 0 unspecified atom stereocenters. The van der Waals surface area contributed by atoms with Crippen molar-refractivity contribution in [3.8, 4) is 0 Å². The van der Waals surface area contributed by atoms with Crippen LogP contribution in [0.5, 0.6) is 0 Å². The summed E-state index contributed by atoms with van der Waals surface area (Å²) in [6.07, 6.45) is -4.54. The minimum absolute atomic E-state index is 0. The summed E-state index contributed by atoms with van der Waals surface area (Å²) in [5, 5.41) is 21.0. The molecule has 2 rings (SSSR count). The summed E-state index contributed by atoms with van der Waals surface area (Å²) in [6.45, 7) is 7.88. The third-order valence-corrected chi connectivity index (χ3v) is 3.44. The number of nitro groups is 1. The number of rotatable bonds is 3. The molecule has 29 heavy (non-hydrogen) atoms. The number of nitrogens with zero attached hydrogens (tertiary/aromatic N) is 1. The van der Waals surface area contributed by atoms with Crippen molar-refractivity contribution in [2.75, 3.05) is 0 Å². The first-order valence-electron chi connectivity index (χ1n) is 8.29. The molecule has 0 atom stereocenters. The van der Waals surface area contributed by atoms with Gasteiger partial charge in [0.15, 0.2) is 5.78 Å². The fourth-order valence-electron chi connectivity index (χ4n) is 2.23. The quantitative estimate of drug-likeness (QED) is 0.317. The van der Waals surface area contributed by atoms with E-state index in [9.17, 15) is 33.2 Å². The average molecular weight is 435 g/mol. The van der Waals surface area contributed by atoms with E-state index in [0.717, 1.165) is 18.2 Å². The number of benzene rings is 2. The second-order valence-electron chi connectivity index (χ2n) is 7.23. The van der Waals surface area contributed by atoms with Crippen LogP contribution in [0, 0.1) is 24.0 Å². The van der Waals surface area contributed by atoms with Crippen LogP contribution in [0.2, 0.25) is 0 Å². The molecule has 0 amide bonds. The predicted molar refractivity (Wildman–Crippen MR) is 97.2 cm³/mol. The fourth-order valence-corrected chi connectivity index (χ4v) is 2.23. The van der Waals surface area contributed by atoms with Crippen LogP contribution in [0.15, 0.2) is 36.4 Å². The molecule has 0 bridgehead atoms. The van der Waals surface area contributed by atoms with E-state index in [0.29, 0.717) is 5.56 Å². The number of nitro benzene ring substituents is 1. The van der Waals surface area contributed by atoms with E-state index in [4.69, 9.17) is 0 Å². The molecular formula is C20H21F3KNO4. The zero-order valence-electron chi connectivity index (χ0n) is 17.2. The predicted octanol–water partition coefficient (Wildman–Crippen LogP) is 1.61. The first kappa shape index (κ1) is 27.9. The van der Waals surface area contributed by atoms with Gasteiger partial charge in [0.2, 0.25) is 0 Å². The molecule has 0 saturated heterocycles. The first-order valence-corrected chi connectivity index (χ1v) is 8.29. The zero-order valence-corrected chi connectivity index (χ0v) is 20.3. The number of carbonyl (C=O) groups excluding carboxylic acids is 1. The molecule has 0 aliphatic carbocycles. The van der Waals surface area contributed by atoms with Gasteiger partial charge in [0.1, 0.15) is 0 Å². The molecule has 0 radical (unpaired) electrons. The molecule has 2 aromatic rings. The molecule has 152 valence electrons. The van der Waals surface area contributed by atoms with Gasteiger partial charge in [-0.05, 0) is 37.6 Å². The summed E-state index contributed by atoms with van der Waals surface area (Å²) in [5.41, 5.74) is -1.16. The van der Waals surface area contributed by atoms with E-state index in [-0.39, 0.29) is 73.8 Å². The van der Waals surface area contributed by atoms with Crippen LogP contribution in [0.25, 0.3) is 0 Å². The summed E-state index contributed by atoms with van der Waals surface area (Å²) in [5.74, 6) is -0.605. The number of halogens is 3. The van der Waals surface area contributed by atoms with Gasteiger partial charge in [0, 0.05) is 22.8 Å². The van der Waals surface area contributed by atoms with Gasteiger partial charge >= 0.3 is 57.6 Å². The van der Waals surface area contributed by atoms with Crippen molar-refractivity contribution < 1.29 is 79.4 Å². The SMILES string of the molecule is CC(C)(C)[O-].Cc1cc([N+](=O)[O-])c(C)cc1C(=O)c1cccc(C(F)(F)F)c1.[K+]. The number of carbonyl (C=O) groups is 1. The smallest absolute Gasteiger partial charge is 0.850 e. The maximum absolute atomic E-state index is 12.7. The van der Waals surface area contributed by atoms with E-state index in [1.807, 2.05) is 0 Å². The Morgan fingerprint density at radius 2 is 1.52 bits per heavy atom. The Balaban J connectivity index is 0.00000117. The summed E-state index contributed by atoms with van der Waals surface area (Å²) in [6, 6.07) is 6.67. The molecule has 5 nitrogen and oxygen atoms in total. The molecular weight excluding hydrogens is 414 g/mol. The van der Waals surface area contributed by atoms with Crippen molar-refractivity contribution in [3.63, 3.8) is 0 Å². The van der Waals surface area contributed by atoms with Gasteiger partial charge in [0.05, 0.1) is 10.5 Å². The molecule has 0 saturated carbocycles. The third kappa shape index (κ3) is 9.06. The van der Waals surface area contributed by atoms with Crippen LogP contribution in [-0.2, 0) is 6.18 Å². The second kappa shape index (κ2) is 10.8. The van der Waals surface area contributed by atoms with Gasteiger partial charge in [-0.3, -0.25) is 14.9 Å². The van der Waals surface area contributed by atoms with Gasteiger partial charge in [-0.25, -0.2) is 0 Å². The second-order valence-corrected chi connectivity index (χ2v) is 7.23. The largest absolute Gasteiger partial charge is 1.00 e. The van der Waals surface area contributed by atoms with Crippen molar-refractivity contribution >= 4 is 11.5 Å². The summed E-state index contributed by atoms with van der Waals surface area (Å²) < 4.78 is 38.2. The Morgan fingerprint density at radius 3 is 1.97 bits per heavy atom. The molecule has 0 aliphatic heterocycles. The topological polar surface area (TPSA) is 83.3 Å². The van der Waals surface area contributed by atoms with Crippen LogP contribution >= 0.6 is 0 Å². The maximum Gasteiger partial charge on any atom is 1.00 e. The third-order valence-electron chi connectivity index (χ3n) is 3.44. The van der Waals surface area contributed by atoms with Crippen LogP contribution in [0.1, 0.15) is 53.4 Å². The van der Waals surface area contributed by atoms with Gasteiger partial charge in [-0.2, -0.15) is 13.2 Å². The molecule has 2 aromatic carbocycles. The minimum Gasteiger partial charge on any atom is -0.850 e. The number of hydrogen-bond donors (Lipinski definition) is 0. The van der Waals surface area contributed by atoms with Gasteiger partial charge in [0.25, 0.3) is 5.69 Å². The number of aryl methyl sites for hydroxylation is 2. The Hall–Kier alpha value is -1.10. The van der Waals surface area contributed by atoms with Crippen molar-refractivity contribution in [1.29, 1.82) is 0 Å². The zero-order chi connectivity index (χ0) is 21.9. The van der Waals surface area contributed by atoms with Gasteiger partial charge < -0.3 is 5.11 Å². The number of hydrogen-bond acceptors (Lipinski definition) is 4. The van der Waals surface area contributed by atoms with Crippen molar-refractivity contribution in [3.05, 3.63) is 74.3 Å². The van der Waals surface area contributed by atoms with Crippen molar-refractivity contribution in [1.82, 2.24) is 0 Å².